The third-order valence-corrected chi connectivity index (χ3v) is 2.19. The first kappa shape index (κ1) is 7.67. The molecule has 0 unspecified atom stereocenters. The Labute approximate surface area is 66.6 Å². The van der Waals surface area contributed by atoms with E-state index in [1.807, 2.05) is 0 Å². The van der Waals surface area contributed by atoms with Crippen LogP contribution in [-0.2, 0) is 6.42 Å². The Hall–Kier alpha value is -0.430. The SMILES string of the molecule is [CH2]Cc1ccc(SC)cc1. The summed E-state index contributed by atoms with van der Waals surface area (Å²) in [4.78, 5) is 1.32. The Morgan fingerprint density at radius 3 is 2.30 bits per heavy atom. The van der Waals surface area contributed by atoms with Gasteiger partial charge in [0.1, 0.15) is 0 Å². The molecule has 0 aliphatic heterocycles. The van der Waals surface area contributed by atoms with Crippen LogP contribution in [0, 0.1) is 6.92 Å². The van der Waals surface area contributed by atoms with E-state index in [1.165, 1.54) is 10.5 Å². The summed E-state index contributed by atoms with van der Waals surface area (Å²) in [5.41, 5.74) is 1.30. The molecule has 1 heteroatoms. The largest absolute Gasteiger partial charge is 0.130 e. The average molecular weight is 151 g/mol. The van der Waals surface area contributed by atoms with E-state index in [1.54, 1.807) is 11.8 Å². The summed E-state index contributed by atoms with van der Waals surface area (Å²) in [5, 5.41) is 0. The maximum atomic E-state index is 3.80. The van der Waals surface area contributed by atoms with Gasteiger partial charge in [0.2, 0.25) is 0 Å². The number of benzene rings is 1. The zero-order valence-corrected chi connectivity index (χ0v) is 6.95. The standard InChI is InChI=1S/C9H11S/c1-3-8-4-6-9(10-2)7-5-8/h4-7H,1,3H2,2H3. The molecule has 0 spiro atoms. The molecule has 0 saturated heterocycles. The lowest BCUT2D eigenvalue weighted by atomic mass is 10.2. The second-order valence-corrected chi connectivity index (χ2v) is 2.98. The summed E-state index contributed by atoms with van der Waals surface area (Å²) in [5.74, 6) is 0. The van der Waals surface area contributed by atoms with Crippen LogP contribution in [0.3, 0.4) is 0 Å². The van der Waals surface area contributed by atoms with E-state index in [2.05, 4.69) is 37.4 Å². The molecule has 10 heavy (non-hydrogen) atoms. The molecule has 1 aromatic rings. The number of hydrogen-bond donors (Lipinski definition) is 0. The van der Waals surface area contributed by atoms with Gasteiger partial charge in [-0.15, -0.1) is 11.8 Å². The molecule has 0 nitrogen and oxygen atoms in total. The van der Waals surface area contributed by atoms with Gasteiger partial charge in [0.25, 0.3) is 0 Å². The Bertz CT molecular complexity index is 165. The zero-order valence-electron chi connectivity index (χ0n) is 6.13. The number of rotatable bonds is 2. The van der Waals surface area contributed by atoms with Gasteiger partial charge in [-0.25, -0.2) is 0 Å². The van der Waals surface area contributed by atoms with Crippen molar-refractivity contribution < 1.29 is 0 Å². The van der Waals surface area contributed by atoms with Crippen molar-refractivity contribution in [3.05, 3.63) is 36.8 Å². The lowest BCUT2D eigenvalue weighted by molar-refractivity contribution is 1.25. The second kappa shape index (κ2) is 3.67. The molecule has 0 heterocycles. The van der Waals surface area contributed by atoms with Crippen molar-refractivity contribution in [1.29, 1.82) is 0 Å². The molecule has 0 bridgehead atoms. The van der Waals surface area contributed by atoms with Crippen molar-refractivity contribution in [3.63, 3.8) is 0 Å². The summed E-state index contributed by atoms with van der Waals surface area (Å²) < 4.78 is 0. The molecule has 0 aliphatic carbocycles. The fourth-order valence-electron chi connectivity index (χ4n) is 0.792. The van der Waals surface area contributed by atoms with Gasteiger partial charge in [-0.3, -0.25) is 0 Å². The van der Waals surface area contributed by atoms with Crippen molar-refractivity contribution in [2.45, 2.75) is 11.3 Å². The van der Waals surface area contributed by atoms with Crippen LogP contribution in [0.15, 0.2) is 29.2 Å². The van der Waals surface area contributed by atoms with Crippen molar-refractivity contribution >= 4 is 11.8 Å². The van der Waals surface area contributed by atoms with E-state index in [-0.39, 0.29) is 0 Å². The Balaban J connectivity index is 2.80. The average Bonchev–Trinajstić information content (AvgIpc) is 2.05. The number of hydrogen-bond acceptors (Lipinski definition) is 1. The summed E-state index contributed by atoms with van der Waals surface area (Å²) in [6.45, 7) is 3.80. The van der Waals surface area contributed by atoms with Crippen LogP contribution >= 0.6 is 11.8 Å². The van der Waals surface area contributed by atoms with Gasteiger partial charge in [-0.1, -0.05) is 12.1 Å². The molecule has 1 rings (SSSR count). The fraction of sp³-hybridized carbons (Fsp3) is 0.222. The molecule has 0 aromatic heterocycles. The second-order valence-electron chi connectivity index (χ2n) is 2.10. The van der Waals surface area contributed by atoms with E-state index in [0.717, 1.165) is 6.42 Å². The highest BCUT2D eigenvalue weighted by molar-refractivity contribution is 7.98. The van der Waals surface area contributed by atoms with E-state index in [9.17, 15) is 0 Å². The van der Waals surface area contributed by atoms with Crippen LogP contribution in [0.25, 0.3) is 0 Å². The topological polar surface area (TPSA) is 0 Å². The van der Waals surface area contributed by atoms with Crippen molar-refractivity contribution in [3.8, 4) is 0 Å². The maximum absolute atomic E-state index is 3.80. The van der Waals surface area contributed by atoms with Gasteiger partial charge >= 0.3 is 0 Å². The Morgan fingerprint density at radius 2 is 1.90 bits per heavy atom. The van der Waals surface area contributed by atoms with Crippen LogP contribution in [0.4, 0.5) is 0 Å². The van der Waals surface area contributed by atoms with Crippen LogP contribution in [0.2, 0.25) is 0 Å². The zero-order chi connectivity index (χ0) is 7.40. The summed E-state index contributed by atoms with van der Waals surface area (Å²) >= 11 is 1.77. The van der Waals surface area contributed by atoms with Crippen molar-refractivity contribution in [1.82, 2.24) is 0 Å². The molecule has 0 N–H and O–H groups in total. The van der Waals surface area contributed by atoms with Crippen LogP contribution in [0.5, 0.6) is 0 Å². The molecule has 1 radical (unpaired) electrons. The van der Waals surface area contributed by atoms with E-state index in [0.29, 0.717) is 0 Å². The summed E-state index contributed by atoms with van der Waals surface area (Å²) in [7, 11) is 0. The fourth-order valence-corrected chi connectivity index (χ4v) is 1.20. The minimum absolute atomic E-state index is 0.884. The van der Waals surface area contributed by atoms with Crippen molar-refractivity contribution in [2.75, 3.05) is 6.26 Å². The number of thioether (sulfide) groups is 1. The van der Waals surface area contributed by atoms with Gasteiger partial charge in [0.15, 0.2) is 0 Å². The van der Waals surface area contributed by atoms with E-state index >= 15 is 0 Å². The lowest BCUT2D eigenvalue weighted by Gasteiger charge is -1.97. The van der Waals surface area contributed by atoms with Crippen LogP contribution in [-0.4, -0.2) is 6.26 Å². The third kappa shape index (κ3) is 1.77. The first-order valence-electron chi connectivity index (χ1n) is 3.29. The van der Waals surface area contributed by atoms with Crippen molar-refractivity contribution in [2.24, 2.45) is 0 Å². The lowest BCUT2D eigenvalue weighted by Crippen LogP contribution is -1.77. The van der Waals surface area contributed by atoms with Crippen LogP contribution in [0.1, 0.15) is 5.56 Å². The molecular weight excluding hydrogens is 140 g/mol. The maximum Gasteiger partial charge on any atom is 0.00693 e. The van der Waals surface area contributed by atoms with E-state index in [4.69, 9.17) is 0 Å². The molecule has 0 aliphatic rings. The minimum Gasteiger partial charge on any atom is -0.130 e. The molecule has 0 atom stereocenters. The van der Waals surface area contributed by atoms with Crippen LogP contribution < -0.4 is 0 Å². The normalized spacial score (nSPS) is 9.80. The molecule has 0 fully saturated rings. The predicted molar refractivity (Wildman–Crippen MR) is 47.3 cm³/mol. The molecule has 0 amide bonds. The highest BCUT2D eigenvalue weighted by Crippen LogP contribution is 2.14. The molecule has 53 valence electrons. The molecular formula is C9H11S. The smallest absolute Gasteiger partial charge is 0.00693 e. The highest BCUT2D eigenvalue weighted by Gasteiger charge is 1.88. The summed E-state index contributed by atoms with van der Waals surface area (Å²) in [6.07, 6.45) is 2.97. The Morgan fingerprint density at radius 1 is 1.30 bits per heavy atom. The highest BCUT2D eigenvalue weighted by atomic mass is 32.2. The first-order chi connectivity index (χ1) is 4.86. The predicted octanol–water partition coefficient (Wildman–Crippen LogP) is 2.79. The minimum atomic E-state index is 0.884. The van der Waals surface area contributed by atoms with Gasteiger partial charge in [0, 0.05) is 4.90 Å². The first-order valence-corrected chi connectivity index (χ1v) is 4.51. The van der Waals surface area contributed by atoms with Gasteiger partial charge in [0.05, 0.1) is 0 Å². The van der Waals surface area contributed by atoms with Gasteiger partial charge in [-0.05, 0) is 37.3 Å². The van der Waals surface area contributed by atoms with Gasteiger partial charge in [-0.2, -0.15) is 0 Å². The van der Waals surface area contributed by atoms with E-state index < -0.39 is 0 Å². The summed E-state index contributed by atoms with van der Waals surface area (Å²) in [6, 6.07) is 8.51. The Kier molecular flexibility index (Phi) is 2.82. The molecule has 1 aromatic carbocycles. The molecule has 0 saturated carbocycles. The van der Waals surface area contributed by atoms with Gasteiger partial charge < -0.3 is 0 Å². The quantitative estimate of drug-likeness (QED) is 0.586. The monoisotopic (exact) mass is 151 g/mol. The third-order valence-electron chi connectivity index (χ3n) is 1.45.